The Labute approximate surface area is 102 Å². The van der Waals surface area contributed by atoms with Gasteiger partial charge >= 0.3 is 0 Å². The SMILES string of the molecule is CC(NCC(C)(O)CN(C)C)c1ccsc1. The van der Waals surface area contributed by atoms with Crippen LogP contribution < -0.4 is 5.32 Å². The Balaban J connectivity index is 2.39. The number of aliphatic hydroxyl groups is 1. The van der Waals surface area contributed by atoms with Crippen molar-refractivity contribution < 1.29 is 5.11 Å². The average molecular weight is 242 g/mol. The van der Waals surface area contributed by atoms with Gasteiger partial charge in [0.25, 0.3) is 0 Å². The lowest BCUT2D eigenvalue weighted by molar-refractivity contribution is 0.0317. The Hall–Kier alpha value is -0.420. The minimum atomic E-state index is -0.687. The highest BCUT2D eigenvalue weighted by Gasteiger charge is 2.21. The minimum Gasteiger partial charge on any atom is -0.388 e. The van der Waals surface area contributed by atoms with E-state index in [9.17, 15) is 5.11 Å². The molecule has 92 valence electrons. The highest BCUT2D eigenvalue weighted by atomic mass is 32.1. The highest BCUT2D eigenvalue weighted by Crippen LogP contribution is 2.16. The molecule has 0 bridgehead atoms. The molecule has 4 heteroatoms. The molecule has 0 aliphatic carbocycles. The van der Waals surface area contributed by atoms with Crippen LogP contribution in [0.2, 0.25) is 0 Å². The highest BCUT2D eigenvalue weighted by molar-refractivity contribution is 7.07. The van der Waals surface area contributed by atoms with Gasteiger partial charge in [-0.1, -0.05) is 0 Å². The van der Waals surface area contributed by atoms with E-state index in [1.165, 1.54) is 5.56 Å². The summed E-state index contributed by atoms with van der Waals surface area (Å²) in [5.74, 6) is 0. The number of nitrogens with zero attached hydrogens (tertiary/aromatic N) is 1. The fraction of sp³-hybridized carbons (Fsp3) is 0.667. The summed E-state index contributed by atoms with van der Waals surface area (Å²) < 4.78 is 0. The summed E-state index contributed by atoms with van der Waals surface area (Å²) in [5.41, 5.74) is 0.596. The van der Waals surface area contributed by atoms with Gasteiger partial charge in [-0.05, 0) is 50.3 Å². The van der Waals surface area contributed by atoms with Crippen LogP contribution in [0.25, 0.3) is 0 Å². The van der Waals surface area contributed by atoms with Crippen LogP contribution in [0.1, 0.15) is 25.5 Å². The number of hydrogen-bond acceptors (Lipinski definition) is 4. The van der Waals surface area contributed by atoms with Crippen LogP contribution in [-0.2, 0) is 0 Å². The lowest BCUT2D eigenvalue weighted by Gasteiger charge is -2.28. The molecule has 0 fully saturated rings. The summed E-state index contributed by atoms with van der Waals surface area (Å²) in [4.78, 5) is 2.00. The van der Waals surface area contributed by atoms with Crippen LogP contribution in [0, 0.1) is 0 Å². The first kappa shape index (κ1) is 13.6. The van der Waals surface area contributed by atoms with E-state index in [-0.39, 0.29) is 0 Å². The lowest BCUT2D eigenvalue weighted by atomic mass is 10.1. The molecule has 0 aromatic carbocycles. The van der Waals surface area contributed by atoms with Crippen LogP contribution in [0.5, 0.6) is 0 Å². The van der Waals surface area contributed by atoms with Gasteiger partial charge in [-0.3, -0.25) is 0 Å². The van der Waals surface area contributed by atoms with Crippen molar-refractivity contribution in [3.63, 3.8) is 0 Å². The summed E-state index contributed by atoms with van der Waals surface area (Å²) in [6, 6.07) is 2.41. The largest absolute Gasteiger partial charge is 0.388 e. The average Bonchev–Trinajstić information content (AvgIpc) is 2.64. The van der Waals surface area contributed by atoms with Crippen molar-refractivity contribution in [1.29, 1.82) is 0 Å². The van der Waals surface area contributed by atoms with Crippen LogP contribution in [-0.4, -0.2) is 42.8 Å². The molecule has 3 nitrogen and oxygen atoms in total. The Bertz CT molecular complexity index is 296. The normalized spacial score (nSPS) is 17.4. The molecule has 1 aromatic heterocycles. The van der Waals surface area contributed by atoms with Gasteiger partial charge in [0.2, 0.25) is 0 Å². The second-order valence-corrected chi connectivity index (χ2v) is 5.67. The number of likely N-dealkylation sites (N-methyl/N-ethyl adjacent to an activating group) is 1. The monoisotopic (exact) mass is 242 g/mol. The third-order valence-electron chi connectivity index (χ3n) is 2.49. The van der Waals surface area contributed by atoms with E-state index >= 15 is 0 Å². The fourth-order valence-electron chi connectivity index (χ4n) is 1.75. The van der Waals surface area contributed by atoms with E-state index < -0.39 is 5.60 Å². The topological polar surface area (TPSA) is 35.5 Å². The molecule has 0 saturated carbocycles. The third kappa shape index (κ3) is 4.61. The first-order valence-corrected chi connectivity index (χ1v) is 6.47. The smallest absolute Gasteiger partial charge is 0.0869 e. The molecule has 0 aliphatic rings. The standard InChI is InChI=1S/C12H22N2OS/c1-10(11-5-6-16-7-11)13-8-12(2,15)9-14(3)4/h5-7,10,13,15H,8-9H2,1-4H3. The molecular formula is C12H22N2OS. The zero-order valence-electron chi connectivity index (χ0n) is 10.5. The predicted octanol–water partition coefficient (Wildman–Crippen LogP) is 1.71. The van der Waals surface area contributed by atoms with E-state index in [1.807, 2.05) is 25.9 Å². The Kier molecular flexibility index (Phi) is 4.92. The van der Waals surface area contributed by atoms with Crippen molar-refractivity contribution in [1.82, 2.24) is 10.2 Å². The fourth-order valence-corrected chi connectivity index (χ4v) is 2.50. The minimum absolute atomic E-state index is 0.292. The van der Waals surface area contributed by atoms with Gasteiger partial charge in [-0.2, -0.15) is 11.3 Å². The molecule has 16 heavy (non-hydrogen) atoms. The molecule has 2 N–H and O–H groups in total. The molecule has 0 spiro atoms. The zero-order valence-corrected chi connectivity index (χ0v) is 11.3. The summed E-state index contributed by atoms with van der Waals surface area (Å²) in [7, 11) is 3.94. The Morgan fingerprint density at radius 3 is 2.75 bits per heavy atom. The predicted molar refractivity (Wildman–Crippen MR) is 69.9 cm³/mol. The molecule has 1 aromatic rings. The van der Waals surface area contributed by atoms with Gasteiger partial charge in [0.1, 0.15) is 0 Å². The summed E-state index contributed by atoms with van der Waals surface area (Å²) in [6.45, 7) is 5.24. The van der Waals surface area contributed by atoms with Crippen molar-refractivity contribution in [2.75, 3.05) is 27.2 Å². The van der Waals surface area contributed by atoms with Crippen molar-refractivity contribution in [3.05, 3.63) is 22.4 Å². The second-order valence-electron chi connectivity index (χ2n) is 4.89. The van der Waals surface area contributed by atoms with Gasteiger partial charge < -0.3 is 15.3 Å². The van der Waals surface area contributed by atoms with Crippen molar-refractivity contribution in [3.8, 4) is 0 Å². The molecule has 0 saturated heterocycles. The molecule has 0 aliphatic heterocycles. The van der Waals surface area contributed by atoms with Gasteiger partial charge in [-0.15, -0.1) is 0 Å². The quantitative estimate of drug-likeness (QED) is 0.797. The maximum absolute atomic E-state index is 10.1. The third-order valence-corrected chi connectivity index (χ3v) is 3.19. The molecular weight excluding hydrogens is 220 g/mol. The Morgan fingerprint density at radius 2 is 2.25 bits per heavy atom. The zero-order chi connectivity index (χ0) is 12.2. The molecule has 1 rings (SSSR count). The van der Waals surface area contributed by atoms with Gasteiger partial charge in [0.15, 0.2) is 0 Å². The lowest BCUT2D eigenvalue weighted by Crippen LogP contribution is -2.46. The molecule has 0 radical (unpaired) electrons. The van der Waals surface area contributed by atoms with Crippen LogP contribution >= 0.6 is 11.3 Å². The molecule has 0 amide bonds. The van der Waals surface area contributed by atoms with Gasteiger partial charge in [0.05, 0.1) is 5.60 Å². The van der Waals surface area contributed by atoms with Crippen molar-refractivity contribution in [2.24, 2.45) is 0 Å². The second kappa shape index (κ2) is 5.77. The van der Waals surface area contributed by atoms with E-state index in [2.05, 4.69) is 29.1 Å². The van der Waals surface area contributed by atoms with Crippen LogP contribution in [0.4, 0.5) is 0 Å². The number of hydrogen-bond donors (Lipinski definition) is 2. The van der Waals surface area contributed by atoms with E-state index in [0.29, 0.717) is 19.1 Å². The van der Waals surface area contributed by atoms with Crippen LogP contribution in [0.3, 0.4) is 0 Å². The van der Waals surface area contributed by atoms with Crippen LogP contribution in [0.15, 0.2) is 16.8 Å². The van der Waals surface area contributed by atoms with E-state index in [0.717, 1.165) is 0 Å². The number of thiophene rings is 1. The molecule has 1 heterocycles. The van der Waals surface area contributed by atoms with Gasteiger partial charge in [-0.25, -0.2) is 0 Å². The molecule has 2 atom stereocenters. The molecule has 2 unspecified atom stereocenters. The van der Waals surface area contributed by atoms with E-state index in [4.69, 9.17) is 0 Å². The Morgan fingerprint density at radius 1 is 1.56 bits per heavy atom. The van der Waals surface area contributed by atoms with E-state index in [1.54, 1.807) is 11.3 Å². The van der Waals surface area contributed by atoms with Crippen molar-refractivity contribution in [2.45, 2.75) is 25.5 Å². The summed E-state index contributed by atoms with van der Waals surface area (Å²) >= 11 is 1.70. The summed E-state index contributed by atoms with van der Waals surface area (Å²) in [6.07, 6.45) is 0. The first-order valence-electron chi connectivity index (χ1n) is 5.53. The number of rotatable bonds is 6. The first-order chi connectivity index (χ1) is 7.41. The maximum atomic E-state index is 10.1. The van der Waals surface area contributed by atoms with Crippen molar-refractivity contribution >= 4 is 11.3 Å². The number of nitrogens with one attached hydrogen (secondary N) is 1. The van der Waals surface area contributed by atoms with Gasteiger partial charge in [0, 0.05) is 19.1 Å². The summed E-state index contributed by atoms with van der Waals surface area (Å²) in [5, 5.41) is 17.7. The maximum Gasteiger partial charge on any atom is 0.0869 e.